The van der Waals surface area contributed by atoms with E-state index < -0.39 is 5.41 Å². The number of benzene rings is 1. The lowest BCUT2D eigenvalue weighted by atomic mass is 9.98. The zero-order valence-corrected chi connectivity index (χ0v) is 14.8. The molecule has 26 heavy (non-hydrogen) atoms. The Morgan fingerprint density at radius 2 is 2.19 bits per heavy atom. The summed E-state index contributed by atoms with van der Waals surface area (Å²) in [6.07, 6.45) is 3.71. The number of aromatic nitrogens is 2. The van der Waals surface area contributed by atoms with Gasteiger partial charge >= 0.3 is 0 Å². The molecule has 0 atom stereocenters. The van der Waals surface area contributed by atoms with Gasteiger partial charge in [0.15, 0.2) is 0 Å². The molecule has 4 rings (SSSR count). The maximum atomic E-state index is 13.8. The minimum Gasteiger partial charge on any atom is -0.396 e. The smallest absolute Gasteiger partial charge is 0.238 e. The first-order chi connectivity index (χ1) is 12.5. The maximum absolute atomic E-state index is 13.8. The Balaban J connectivity index is 1.66. The number of aliphatic hydroxyl groups is 1. The van der Waals surface area contributed by atoms with Crippen LogP contribution < -0.4 is 10.2 Å². The lowest BCUT2D eigenvalue weighted by Crippen LogP contribution is -2.32. The average Bonchev–Trinajstić information content (AvgIpc) is 3.38. The van der Waals surface area contributed by atoms with Crippen LogP contribution in [0.15, 0.2) is 24.4 Å². The number of amides is 1. The van der Waals surface area contributed by atoms with Crippen LogP contribution in [0.4, 0.5) is 15.9 Å². The van der Waals surface area contributed by atoms with Gasteiger partial charge in [0.1, 0.15) is 11.6 Å². The van der Waals surface area contributed by atoms with Crippen LogP contribution in [0.5, 0.6) is 0 Å². The molecular weight excluding hydrogens is 359 g/mol. The second-order valence-electron chi connectivity index (χ2n) is 6.65. The van der Waals surface area contributed by atoms with Crippen molar-refractivity contribution in [3.63, 3.8) is 0 Å². The minimum absolute atomic E-state index is 0.00522. The van der Waals surface area contributed by atoms with E-state index in [9.17, 15) is 9.18 Å². The molecule has 1 spiro atoms. The van der Waals surface area contributed by atoms with E-state index >= 15 is 0 Å². The van der Waals surface area contributed by atoms with Gasteiger partial charge in [0.25, 0.3) is 0 Å². The molecule has 0 bridgehead atoms. The standard InChI is InChI=1S/C18H18ClFN4O2/c19-17-22-9-11(15(23-17)21-6-1-7-25)10-24-14-8-12(20)2-3-13(14)18(4-5-18)16(24)26/h2-3,8-9,25H,1,4-7,10H2,(H,21,22,23). The molecule has 0 unspecified atom stereocenters. The largest absolute Gasteiger partial charge is 0.396 e. The highest BCUT2D eigenvalue weighted by atomic mass is 35.5. The third-order valence-corrected chi connectivity index (χ3v) is 5.14. The fraction of sp³-hybridized carbons (Fsp3) is 0.389. The van der Waals surface area contributed by atoms with E-state index in [1.54, 1.807) is 17.2 Å². The molecule has 1 aromatic heterocycles. The van der Waals surface area contributed by atoms with Crippen LogP contribution in [0.2, 0.25) is 5.28 Å². The van der Waals surface area contributed by atoms with E-state index in [0.717, 1.165) is 18.4 Å². The Bertz CT molecular complexity index is 872. The van der Waals surface area contributed by atoms with Crippen LogP contribution >= 0.6 is 11.6 Å². The van der Waals surface area contributed by atoms with Crippen LogP contribution in [-0.2, 0) is 16.8 Å². The number of rotatable bonds is 6. The minimum atomic E-state index is -0.485. The normalized spacial score (nSPS) is 16.9. The van der Waals surface area contributed by atoms with Gasteiger partial charge in [-0.3, -0.25) is 4.79 Å². The van der Waals surface area contributed by atoms with E-state index in [1.165, 1.54) is 12.1 Å². The Hall–Kier alpha value is -2.25. The van der Waals surface area contributed by atoms with Crippen LogP contribution in [0.25, 0.3) is 0 Å². The zero-order valence-electron chi connectivity index (χ0n) is 14.0. The average molecular weight is 377 g/mol. The van der Waals surface area contributed by atoms with E-state index in [-0.39, 0.29) is 30.2 Å². The number of nitrogens with one attached hydrogen (secondary N) is 1. The molecule has 1 saturated carbocycles. The van der Waals surface area contributed by atoms with Crippen LogP contribution in [0.1, 0.15) is 30.4 Å². The number of carbonyl (C=O) groups excluding carboxylic acids is 1. The fourth-order valence-electron chi connectivity index (χ4n) is 3.49. The van der Waals surface area contributed by atoms with Gasteiger partial charge in [0.2, 0.25) is 11.2 Å². The van der Waals surface area contributed by atoms with Crippen LogP contribution in [0.3, 0.4) is 0 Å². The van der Waals surface area contributed by atoms with Crippen molar-refractivity contribution in [1.29, 1.82) is 0 Å². The quantitative estimate of drug-likeness (QED) is 0.598. The molecule has 2 heterocycles. The molecule has 1 amide bonds. The topological polar surface area (TPSA) is 78.4 Å². The van der Waals surface area contributed by atoms with Crippen molar-refractivity contribution in [2.75, 3.05) is 23.4 Å². The highest BCUT2D eigenvalue weighted by molar-refractivity contribution is 6.28. The predicted octanol–water partition coefficient (Wildman–Crippen LogP) is 2.64. The Morgan fingerprint density at radius 3 is 2.92 bits per heavy atom. The van der Waals surface area contributed by atoms with Crippen molar-refractivity contribution in [2.45, 2.75) is 31.2 Å². The summed E-state index contributed by atoms with van der Waals surface area (Å²) in [6, 6.07) is 4.53. The molecule has 0 radical (unpaired) electrons. The second-order valence-corrected chi connectivity index (χ2v) is 6.99. The molecule has 1 fully saturated rings. The number of hydrogen-bond acceptors (Lipinski definition) is 5. The summed E-state index contributed by atoms with van der Waals surface area (Å²) in [4.78, 5) is 22.8. The molecule has 1 aliphatic heterocycles. The zero-order chi connectivity index (χ0) is 18.3. The summed E-state index contributed by atoms with van der Waals surface area (Å²) in [6.45, 7) is 0.802. The lowest BCUT2D eigenvalue weighted by molar-refractivity contribution is -0.120. The van der Waals surface area contributed by atoms with Crippen LogP contribution in [-0.4, -0.2) is 34.1 Å². The van der Waals surface area contributed by atoms with E-state index in [4.69, 9.17) is 16.7 Å². The van der Waals surface area contributed by atoms with Crippen molar-refractivity contribution in [1.82, 2.24) is 9.97 Å². The molecule has 2 N–H and O–H groups in total. The molecule has 2 aromatic rings. The Labute approximate surface area is 155 Å². The van der Waals surface area contributed by atoms with Crippen LogP contribution in [0, 0.1) is 5.82 Å². The van der Waals surface area contributed by atoms with Gasteiger partial charge in [-0.1, -0.05) is 6.07 Å². The molecular formula is C18H18ClFN4O2. The number of halogens is 2. The highest BCUT2D eigenvalue weighted by Gasteiger charge is 2.59. The molecule has 136 valence electrons. The third-order valence-electron chi connectivity index (χ3n) is 4.96. The number of carbonyl (C=O) groups is 1. The van der Waals surface area contributed by atoms with Crippen molar-refractivity contribution in [2.24, 2.45) is 0 Å². The Morgan fingerprint density at radius 1 is 1.38 bits per heavy atom. The predicted molar refractivity (Wildman–Crippen MR) is 95.7 cm³/mol. The molecule has 8 heteroatoms. The van der Waals surface area contributed by atoms with Gasteiger partial charge in [0, 0.05) is 24.9 Å². The molecule has 1 aliphatic carbocycles. The van der Waals surface area contributed by atoms with Gasteiger partial charge < -0.3 is 15.3 Å². The molecule has 6 nitrogen and oxygen atoms in total. The number of nitrogens with zero attached hydrogens (tertiary/aromatic N) is 3. The summed E-state index contributed by atoms with van der Waals surface area (Å²) in [5.74, 6) is 0.142. The molecule has 1 aromatic carbocycles. The second kappa shape index (κ2) is 6.48. The fourth-order valence-corrected chi connectivity index (χ4v) is 3.62. The van der Waals surface area contributed by atoms with E-state index in [0.29, 0.717) is 30.0 Å². The van der Waals surface area contributed by atoms with Gasteiger partial charge in [-0.15, -0.1) is 0 Å². The van der Waals surface area contributed by atoms with Crippen molar-refractivity contribution in [3.8, 4) is 0 Å². The first-order valence-electron chi connectivity index (χ1n) is 8.53. The number of fused-ring (bicyclic) bond motifs is 2. The van der Waals surface area contributed by atoms with Gasteiger partial charge in [0.05, 0.1) is 17.6 Å². The molecule has 2 aliphatic rings. The van der Waals surface area contributed by atoms with Gasteiger partial charge in [-0.2, -0.15) is 0 Å². The van der Waals surface area contributed by atoms with Crippen molar-refractivity contribution >= 4 is 29.0 Å². The lowest BCUT2D eigenvalue weighted by Gasteiger charge is -2.20. The number of anilines is 2. The summed E-state index contributed by atoms with van der Waals surface area (Å²) in [5, 5.41) is 12.1. The summed E-state index contributed by atoms with van der Waals surface area (Å²) in [5.41, 5.74) is 1.71. The molecule has 0 saturated heterocycles. The van der Waals surface area contributed by atoms with Crippen molar-refractivity contribution < 1.29 is 14.3 Å². The number of hydrogen-bond donors (Lipinski definition) is 2. The van der Waals surface area contributed by atoms with E-state index in [2.05, 4.69) is 15.3 Å². The van der Waals surface area contributed by atoms with Crippen molar-refractivity contribution in [3.05, 3.63) is 46.6 Å². The monoisotopic (exact) mass is 376 g/mol. The summed E-state index contributed by atoms with van der Waals surface area (Å²) < 4.78 is 13.8. The van der Waals surface area contributed by atoms with E-state index in [1.807, 2.05) is 0 Å². The maximum Gasteiger partial charge on any atom is 0.238 e. The number of aliphatic hydroxyl groups excluding tert-OH is 1. The summed E-state index contributed by atoms with van der Waals surface area (Å²) >= 11 is 5.89. The summed E-state index contributed by atoms with van der Waals surface area (Å²) in [7, 11) is 0. The third kappa shape index (κ3) is 2.81. The SMILES string of the molecule is O=C1N(Cc2cnc(Cl)nc2NCCCO)c2cc(F)ccc2C12CC2. The van der Waals surface area contributed by atoms with Gasteiger partial charge in [-0.05, 0) is 48.6 Å². The first-order valence-corrected chi connectivity index (χ1v) is 8.91. The Kier molecular flexibility index (Phi) is 4.28. The highest BCUT2D eigenvalue weighted by Crippen LogP contribution is 2.57. The first kappa shape index (κ1) is 17.2. The van der Waals surface area contributed by atoms with Gasteiger partial charge in [-0.25, -0.2) is 14.4 Å².